The molecule has 6 rings (SSSR count). The number of nitrogens with zero attached hydrogens (tertiary/aromatic N) is 10. The molecule has 0 saturated carbocycles. The monoisotopic (exact) mass is 782 g/mol. The van der Waals surface area contributed by atoms with Crippen LogP contribution in [0.1, 0.15) is 11.1 Å². The van der Waals surface area contributed by atoms with Gasteiger partial charge < -0.3 is 48.8 Å². The number of nitrogens with one attached hydrogen (secondary N) is 2. The van der Waals surface area contributed by atoms with Gasteiger partial charge in [0.15, 0.2) is 0 Å². The van der Waals surface area contributed by atoms with E-state index in [2.05, 4.69) is 40.5 Å². The van der Waals surface area contributed by atoms with Crippen LogP contribution in [0.15, 0.2) is 46.2 Å². The summed E-state index contributed by atoms with van der Waals surface area (Å²) in [4.78, 5) is 32.8. The predicted molar refractivity (Wildman–Crippen MR) is 199 cm³/mol. The number of ether oxygens (including phenoxy) is 2. The molecule has 0 aliphatic carbocycles. The average Bonchev–Trinajstić information content (AvgIpc) is 3.14. The molecule has 0 unspecified atom stereocenters. The third-order valence-electron chi connectivity index (χ3n) is 8.13. The molecular weight excluding hydrogens is 745 g/mol. The van der Waals surface area contributed by atoms with E-state index in [1.807, 2.05) is 9.80 Å². The van der Waals surface area contributed by atoms with Crippen molar-refractivity contribution in [2.45, 2.75) is 9.79 Å². The Hall–Kier alpha value is -5.26. The van der Waals surface area contributed by atoms with Crippen LogP contribution in [0, 0.1) is 0 Å². The zero-order chi connectivity index (χ0) is 38.6. The quantitative estimate of drug-likeness (QED) is 0.152. The second-order valence-corrected chi connectivity index (χ2v) is 15.2. The molecule has 0 bridgehead atoms. The van der Waals surface area contributed by atoms with Gasteiger partial charge >= 0.3 is 0 Å². The smallest absolute Gasteiger partial charge is 0.233 e. The molecule has 2 aromatic carbocycles. The largest absolute Gasteiger partial charge is 0.744 e. The van der Waals surface area contributed by atoms with Crippen molar-refractivity contribution in [2.75, 3.05) is 111 Å². The van der Waals surface area contributed by atoms with Crippen LogP contribution in [0.3, 0.4) is 0 Å². The number of hydrogen-bond acceptors (Lipinski definition) is 20. The summed E-state index contributed by atoms with van der Waals surface area (Å²) in [6.07, 6.45) is 2.47. The molecule has 0 radical (unpaired) electrons. The molecule has 4 heterocycles. The van der Waals surface area contributed by atoms with Crippen molar-refractivity contribution < 1.29 is 35.4 Å². The summed E-state index contributed by atoms with van der Waals surface area (Å²) in [6.45, 7) is 4.28. The number of benzene rings is 2. The number of morpholine rings is 2. The minimum Gasteiger partial charge on any atom is -0.744 e. The van der Waals surface area contributed by atoms with Crippen LogP contribution in [0.5, 0.6) is 0 Å². The lowest BCUT2D eigenvalue weighted by Gasteiger charge is -2.27. The van der Waals surface area contributed by atoms with Gasteiger partial charge in [0.05, 0.1) is 36.2 Å². The number of aromatic nitrogens is 6. The number of hydrogen-bond donors (Lipinski definition) is 2. The van der Waals surface area contributed by atoms with Gasteiger partial charge in [-0.05, 0) is 35.4 Å². The van der Waals surface area contributed by atoms with Crippen molar-refractivity contribution in [3.8, 4) is 0 Å². The highest BCUT2D eigenvalue weighted by atomic mass is 32.2. The Morgan fingerprint density at radius 3 is 1.31 bits per heavy atom. The second-order valence-electron chi connectivity index (χ2n) is 12.5. The van der Waals surface area contributed by atoms with Crippen molar-refractivity contribution in [3.63, 3.8) is 0 Å². The lowest BCUT2D eigenvalue weighted by molar-refractivity contribution is 0.122. The van der Waals surface area contributed by atoms with Crippen LogP contribution in [0.25, 0.3) is 12.2 Å². The van der Waals surface area contributed by atoms with E-state index in [0.717, 1.165) is 12.1 Å². The Kier molecular flexibility index (Phi) is 11.4. The Morgan fingerprint density at radius 2 is 0.981 bits per heavy atom. The zero-order valence-electron chi connectivity index (χ0n) is 29.8. The summed E-state index contributed by atoms with van der Waals surface area (Å²) >= 11 is 0. The van der Waals surface area contributed by atoms with Gasteiger partial charge in [0, 0.05) is 65.7 Å². The first-order valence-electron chi connectivity index (χ1n) is 16.6. The van der Waals surface area contributed by atoms with Crippen LogP contribution in [0.4, 0.5) is 47.1 Å². The fourth-order valence-electron chi connectivity index (χ4n) is 5.40. The van der Waals surface area contributed by atoms with Crippen LogP contribution < -0.4 is 30.2 Å². The molecule has 2 saturated heterocycles. The molecule has 288 valence electrons. The van der Waals surface area contributed by atoms with Gasteiger partial charge in [-0.25, -0.2) is 16.8 Å². The lowest BCUT2D eigenvalue weighted by Crippen LogP contribution is -2.37. The van der Waals surface area contributed by atoms with Gasteiger partial charge in [-0.15, -0.1) is 0 Å². The average molecular weight is 783 g/mol. The zero-order valence-corrected chi connectivity index (χ0v) is 31.5. The fraction of sp³-hybridized carbons (Fsp3) is 0.375. The number of anilines is 8. The van der Waals surface area contributed by atoms with Gasteiger partial charge in [-0.3, -0.25) is 0 Å². The minimum absolute atomic E-state index is 0.0531. The minimum atomic E-state index is -5.05. The molecule has 0 amide bonds. The third-order valence-corrected chi connectivity index (χ3v) is 9.92. The Morgan fingerprint density at radius 1 is 0.611 bits per heavy atom. The first-order valence-corrected chi connectivity index (χ1v) is 19.4. The molecule has 2 aliphatic heterocycles. The highest BCUT2D eigenvalue weighted by Gasteiger charge is 2.20. The molecule has 20 nitrogen and oxygen atoms in total. The summed E-state index contributed by atoms with van der Waals surface area (Å²) in [6, 6.07) is 7.96. The van der Waals surface area contributed by atoms with Crippen molar-refractivity contribution in [1.29, 1.82) is 0 Å². The van der Waals surface area contributed by atoms with Gasteiger partial charge in [-0.1, -0.05) is 24.3 Å². The summed E-state index contributed by atoms with van der Waals surface area (Å²) in [5.74, 6) is 1.70. The molecule has 2 fully saturated rings. The van der Waals surface area contributed by atoms with E-state index in [-0.39, 0.29) is 34.4 Å². The third kappa shape index (κ3) is 9.45. The van der Waals surface area contributed by atoms with Gasteiger partial charge in [0.2, 0.25) is 35.7 Å². The maximum Gasteiger partial charge on any atom is 0.233 e. The predicted octanol–water partition coefficient (Wildman–Crippen LogP) is 1.33. The fourth-order valence-corrected chi connectivity index (χ4v) is 6.79. The summed E-state index contributed by atoms with van der Waals surface area (Å²) in [5, 5.41) is 5.90. The molecule has 2 aromatic heterocycles. The Labute approximate surface area is 312 Å². The summed E-state index contributed by atoms with van der Waals surface area (Å²) in [7, 11) is -3.05. The van der Waals surface area contributed by atoms with Crippen molar-refractivity contribution >= 4 is 79.5 Å². The first-order chi connectivity index (χ1) is 25.6. The molecule has 0 spiro atoms. The van der Waals surface area contributed by atoms with E-state index in [1.165, 1.54) is 36.4 Å². The van der Waals surface area contributed by atoms with E-state index in [4.69, 9.17) is 9.47 Å². The topological polar surface area (TPSA) is 247 Å². The molecule has 2 aliphatic rings. The van der Waals surface area contributed by atoms with Crippen LogP contribution in [-0.2, 0) is 29.7 Å². The molecule has 22 heteroatoms. The van der Waals surface area contributed by atoms with Gasteiger partial charge in [0.25, 0.3) is 0 Å². The van der Waals surface area contributed by atoms with E-state index in [0.29, 0.717) is 76.4 Å². The molecule has 54 heavy (non-hydrogen) atoms. The lowest BCUT2D eigenvalue weighted by atomic mass is 10.1. The van der Waals surface area contributed by atoms with Crippen LogP contribution in [-0.4, -0.2) is 137 Å². The van der Waals surface area contributed by atoms with E-state index >= 15 is 0 Å². The van der Waals surface area contributed by atoms with E-state index in [1.54, 1.807) is 38.0 Å². The van der Waals surface area contributed by atoms with Gasteiger partial charge in [0.1, 0.15) is 20.2 Å². The maximum atomic E-state index is 12.4. The standard InChI is InChI=1S/C32H40N12O8S2/c1-41(2)29-35-27(37-31(39-29)43-11-15-51-16-12-43)33-23-9-7-21(25(19-23)53(45,46)47)5-6-22-8-10-24(20-26(22)54(48,49)50)34-28-36-30(42(3)4)40-32(38-28)44-13-17-52-18-14-44/h5-10,19-20H,11-18H2,1-4H3,(H,45,46,47)(H,48,49,50)(H,33,35,37,39)(H,34,36,38,40)/p-2/b6-5+. The molecular formula is C32H38N12O8S2-2. The van der Waals surface area contributed by atoms with E-state index in [9.17, 15) is 25.9 Å². The first kappa shape index (κ1) is 38.5. The Bertz CT molecular complexity index is 2090. The van der Waals surface area contributed by atoms with Crippen LogP contribution >= 0.6 is 0 Å². The summed E-state index contributed by atoms with van der Waals surface area (Å²) in [5.41, 5.74) is 0.276. The normalized spacial score (nSPS) is 15.4. The van der Waals surface area contributed by atoms with Crippen molar-refractivity contribution in [1.82, 2.24) is 29.9 Å². The highest BCUT2D eigenvalue weighted by molar-refractivity contribution is 7.86. The van der Waals surface area contributed by atoms with Crippen molar-refractivity contribution in [3.05, 3.63) is 47.5 Å². The SMILES string of the molecule is CN(C)c1nc(Nc2ccc(/C=C/c3ccc(Nc4nc(N(C)C)nc(N5CCOCC5)n4)cc3S(=O)(=O)[O-])c(S(=O)(=O)[O-])c2)nc(N2CCOCC2)n1. The van der Waals surface area contributed by atoms with Crippen LogP contribution in [0.2, 0.25) is 0 Å². The van der Waals surface area contributed by atoms with Crippen molar-refractivity contribution in [2.24, 2.45) is 0 Å². The number of rotatable bonds is 12. The maximum absolute atomic E-state index is 12.4. The molecule has 4 aromatic rings. The second kappa shape index (κ2) is 16.0. The molecule has 0 atom stereocenters. The molecule has 2 N–H and O–H groups in total. The highest BCUT2D eigenvalue weighted by Crippen LogP contribution is 2.29. The van der Waals surface area contributed by atoms with Gasteiger partial charge in [-0.2, -0.15) is 29.9 Å². The Balaban J connectivity index is 1.28. The van der Waals surface area contributed by atoms with E-state index < -0.39 is 30.0 Å². The summed E-state index contributed by atoms with van der Waals surface area (Å²) < 4.78 is 85.5.